The molecule has 0 saturated heterocycles. The van der Waals surface area contributed by atoms with Gasteiger partial charge in [-0.3, -0.25) is 0 Å². The predicted molar refractivity (Wildman–Crippen MR) is 43.6 cm³/mol. The van der Waals surface area contributed by atoms with E-state index in [1.165, 1.54) is 6.92 Å². The molecule has 0 heterocycles. The molecule has 0 unspecified atom stereocenters. The van der Waals surface area contributed by atoms with Gasteiger partial charge in [-0.05, 0) is 32.6 Å². The van der Waals surface area contributed by atoms with Crippen LogP contribution in [0.2, 0.25) is 0 Å². The highest BCUT2D eigenvalue weighted by Gasteiger charge is 2.71. The second kappa shape index (κ2) is 3.51. The third-order valence-corrected chi connectivity index (χ3v) is 3.27. The lowest BCUT2D eigenvalue weighted by Crippen LogP contribution is -2.54. The monoisotopic (exact) mass is 250 g/mol. The maximum atomic E-state index is 12.5. The number of halogens is 6. The van der Waals surface area contributed by atoms with Gasteiger partial charge >= 0.3 is 12.4 Å². The van der Waals surface area contributed by atoms with Gasteiger partial charge in [0.05, 0.1) is 5.60 Å². The lowest BCUT2D eigenvalue weighted by Gasteiger charge is -2.44. The molecular weight excluding hydrogens is 238 g/mol. The fourth-order valence-corrected chi connectivity index (χ4v) is 1.94. The van der Waals surface area contributed by atoms with Gasteiger partial charge in [-0.2, -0.15) is 26.3 Å². The van der Waals surface area contributed by atoms with Gasteiger partial charge in [-0.25, -0.2) is 0 Å². The van der Waals surface area contributed by atoms with Crippen LogP contribution in [0.4, 0.5) is 26.3 Å². The van der Waals surface area contributed by atoms with Gasteiger partial charge in [0.25, 0.3) is 0 Å². The van der Waals surface area contributed by atoms with Gasteiger partial charge in [0.15, 0.2) is 5.41 Å². The van der Waals surface area contributed by atoms with Crippen LogP contribution in [0.25, 0.3) is 0 Å². The number of aliphatic hydroxyl groups is 1. The summed E-state index contributed by atoms with van der Waals surface area (Å²) in [6.45, 7) is 1.25. The minimum atomic E-state index is -5.32. The van der Waals surface area contributed by atoms with Gasteiger partial charge in [0, 0.05) is 0 Å². The molecule has 0 bridgehead atoms. The lowest BCUT2D eigenvalue weighted by molar-refractivity contribution is -0.355. The fraction of sp³-hybridized carbons (Fsp3) is 1.00. The van der Waals surface area contributed by atoms with Crippen molar-refractivity contribution in [1.29, 1.82) is 0 Å². The zero-order valence-electron chi connectivity index (χ0n) is 8.54. The Hall–Kier alpha value is -0.460. The summed E-state index contributed by atoms with van der Waals surface area (Å²) < 4.78 is 75.3. The molecular formula is C9H12F6O. The van der Waals surface area contributed by atoms with Gasteiger partial charge in [0.2, 0.25) is 0 Å². The van der Waals surface area contributed by atoms with Crippen molar-refractivity contribution in [2.45, 2.75) is 50.6 Å². The molecule has 0 atom stereocenters. The van der Waals surface area contributed by atoms with Crippen molar-refractivity contribution in [3.05, 3.63) is 0 Å². The highest BCUT2D eigenvalue weighted by Crippen LogP contribution is 2.59. The third-order valence-electron chi connectivity index (χ3n) is 3.27. The van der Waals surface area contributed by atoms with E-state index in [9.17, 15) is 31.4 Å². The summed E-state index contributed by atoms with van der Waals surface area (Å²) >= 11 is 0. The summed E-state index contributed by atoms with van der Waals surface area (Å²) in [7, 11) is 0. The zero-order chi connectivity index (χ0) is 12.8. The van der Waals surface area contributed by atoms with Crippen LogP contribution in [0.3, 0.4) is 0 Å². The molecule has 16 heavy (non-hydrogen) atoms. The van der Waals surface area contributed by atoms with Crippen LogP contribution in [0, 0.1) is 5.41 Å². The first-order valence-corrected chi connectivity index (χ1v) is 4.77. The fourth-order valence-electron chi connectivity index (χ4n) is 1.94. The van der Waals surface area contributed by atoms with Crippen LogP contribution in [-0.2, 0) is 0 Å². The molecule has 0 aromatic rings. The Morgan fingerprint density at radius 1 is 0.812 bits per heavy atom. The van der Waals surface area contributed by atoms with Crippen LogP contribution in [0.15, 0.2) is 0 Å². The van der Waals surface area contributed by atoms with Gasteiger partial charge in [-0.15, -0.1) is 0 Å². The topological polar surface area (TPSA) is 20.2 Å². The van der Waals surface area contributed by atoms with E-state index in [0.717, 1.165) is 0 Å². The van der Waals surface area contributed by atoms with Crippen molar-refractivity contribution in [2.75, 3.05) is 0 Å². The summed E-state index contributed by atoms with van der Waals surface area (Å²) in [5.74, 6) is 0. The van der Waals surface area contributed by atoms with Crippen molar-refractivity contribution in [3.63, 3.8) is 0 Å². The summed E-state index contributed by atoms with van der Waals surface area (Å²) in [6.07, 6.45) is -13.8. The molecule has 1 aliphatic rings. The molecule has 0 amide bonds. The quantitative estimate of drug-likeness (QED) is 0.653. The Bertz CT molecular complexity index is 238. The Balaban J connectivity index is 3.03. The number of alkyl halides is 6. The van der Waals surface area contributed by atoms with E-state index in [-0.39, 0.29) is 0 Å². The molecule has 1 N–H and O–H groups in total. The molecule has 0 aliphatic heterocycles. The first kappa shape index (κ1) is 13.6. The van der Waals surface area contributed by atoms with Crippen molar-refractivity contribution in [2.24, 2.45) is 5.41 Å². The standard InChI is InChI=1S/C9H12F6O/c1-6(16)2-4-7(5-3-6,8(10,11)12)9(13,14)15/h16H,2-5H2,1H3. The maximum Gasteiger partial charge on any atom is 0.403 e. The number of hydrogen-bond donors (Lipinski definition) is 1. The van der Waals surface area contributed by atoms with E-state index in [0.29, 0.717) is 0 Å². The summed E-state index contributed by atoms with van der Waals surface area (Å²) in [5, 5.41) is 9.40. The van der Waals surface area contributed by atoms with Crippen molar-refractivity contribution in [3.8, 4) is 0 Å². The van der Waals surface area contributed by atoms with E-state index < -0.39 is 49.1 Å². The Morgan fingerprint density at radius 3 is 1.38 bits per heavy atom. The minimum Gasteiger partial charge on any atom is -0.390 e. The van der Waals surface area contributed by atoms with Gasteiger partial charge in [0.1, 0.15) is 0 Å². The van der Waals surface area contributed by atoms with E-state index in [2.05, 4.69) is 0 Å². The molecule has 0 radical (unpaired) electrons. The average Bonchev–Trinajstić information content (AvgIpc) is 1.98. The largest absolute Gasteiger partial charge is 0.403 e. The summed E-state index contributed by atoms with van der Waals surface area (Å²) in [4.78, 5) is 0. The first-order valence-electron chi connectivity index (χ1n) is 4.77. The van der Waals surface area contributed by atoms with E-state index in [1.54, 1.807) is 0 Å². The molecule has 96 valence electrons. The Labute approximate surface area is 88.4 Å². The van der Waals surface area contributed by atoms with Crippen molar-refractivity contribution >= 4 is 0 Å². The molecule has 0 aromatic heterocycles. The van der Waals surface area contributed by atoms with Gasteiger partial charge < -0.3 is 5.11 Å². The molecule has 1 rings (SSSR count). The predicted octanol–water partition coefficient (Wildman–Crippen LogP) is 3.42. The zero-order valence-corrected chi connectivity index (χ0v) is 8.54. The third kappa shape index (κ3) is 2.14. The van der Waals surface area contributed by atoms with E-state index >= 15 is 0 Å². The molecule has 1 aliphatic carbocycles. The number of rotatable bonds is 0. The van der Waals surface area contributed by atoms with Crippen LogP contribution in [0.1, 0.15) is 32.6 Å². The average molecular weight is 250 g/mol. The van der Waals surface area contributed by atoms with Crippen LogP contribution in [-0.4, -0.2) is 23.1 Å². The smallest absolute Gasteiger partial charge is 0.390 e. The summed E-state index contributed by atoms with van der Waals surface area (Å²) in [6, 6.07) is 0. The van der Waals surface area contributed by atoms with Crippen LogP contribution >= 0.6 is 0 Å². The molecule has 1 fully saturated rings. The highest BCUT2D eigenvalue weighted by molar-refractivity contribution is 4.99. The first-order chi connectivity index (χ1) is 6.91. The summed E-state index contributed by atoms with van der Waals surface area (Å²) in [5.41, 5.74) is -5.08. The maximum absolute atomic E-state index is 12.5. The number of hydrogen-bond acceptors (Lipinski definition) is 1. The van der Waals surface area contributed by atoms with E-state index in [1.807, 2.05) is 0 Å². The Kier molecular flexibility index (Phi) is 2.99. The molecule has 0 aromatic carbocycles. The normalized spacial score (nSPS) is 25.5. The molecule has 1 saturated carbocycles. The second-order valence-corrected chi connectivity index (χ2v) is 4.57. The van der Waals surface area contributed by atoms with Crippen molar-refractivity contribution in [1.82, 2.24) is 0 Å². The Morgan fingerprint density at radius 2 is 1.12 bits per heavy atom. The van der Waals surface area contributed by atoms with Crippen molar-refractivity contribution < 1.29 is 31.4 Å². The molecule has 7 heteroatoms. The second-order valence-electron chi connectivity index (χ2n) is 4.57. The van der Waals surface area contributed by atoms with Crippen LogP contribution in [0.5, 0.6) is 0 Å². The molecule has 0 spiro atoms. The molecule has 1 nitrogen and oxygen atoms in total. The van der Waals surface area contributed by atoms with E-state index in [4.69, 9.17) is 0 Å². The minimum absolute atomic E-state index is 0.494. The lowest BCUT2D eigenvalue weighted by atomic mass is 9.68. The SMILES string of the molecule is CC1(O)CCC(C(F)(F)F)(C(F)(F)F)CC1. The van der Waals surface area contributed by atoms with Gasteiger partial charge in [-0.1, -0.05) is 0 Å². The highest BCUT2D eigenvalue weighted by atomic mass is 19.4. The van der Waals surface area contributed by atoms with Crippen LogP contribution < -0.4 is 0 Å².